The van der Waals surface area contributed by atoms with E-state index in [1.807, 2.05) is 0 Å². The Morgan fingerprint density at radius 3 is 2.94 bits per heavy atom. The first kappa shape index (κ1) is 13.3. The van der Waals surface area contributed by atoms with E-state index in [9.17, 15) is 10.1 Å². The summed E-state index contributed by atoms with van der Waals surface area (Å²) in [6, 6.07) is 5.47. The van der Waals surface area contributed by atoms with Crippen LogP contribution in [0.3, 0.4) is 0 Å². The van der Waals surface area contributed by atoms with Crippen molar-refractivity contribution in [2.45, 2.75) is 18.9 Å². The lowest BCUT2D eigenvalue weighted by molar-refractivity contribution is -0.385. The molecule has 1 aromatic carbocycles. The van der Waals surface area contributed by atoms with Crippen LogP contribution in [0.15, 0.2) is 22.7 Å². The zero-order valence-electron chi connectivity index (χ0n) is 10.2. The average molecular weight is 314 g/mol. The zero-order valence-corrected chi connectivity index (χ0v) is 11.8. The number of benzene rings is 1. The maximum atomic E-state index is 10.7. The molecule has 0 bridgehead atoms. The zero-order chi connectivity index (χ0) is 13.1. The van der Waals surface area contributed by atoms with Gasteiger partial charge in [-0.15, -0.1) is 0 Å². The molecule has 1 aromatic rings. The van der Waals surface area contributed by atoms with Crippen LogP contribution in [0.25, 0.3) is 0 Å². The molecular weight excluding hydrogens is 298 g/mol. The first-order valence-electron chi connectivity index (χ1n) is 5.95. The van der Waals surface area contributed by atoms with Gasteiger partial charge in [-0.2, -0.15) is 0 Å². The quantitative estimate of drug-likeness (QED) is 0.688. The number of rotatable bonds is 3. The van der Waals surface area contributed by atoms with Crippen LogP contribution in [0, 0.1) is 10.1 Å². The van der Waals surface area contributed by atoms with E-state index in [1.165, 1.54) is 12.5 Å². The van der Waals surface area contributed by atoms with Crippen LogP contribution < -0.4 is 5.32 Å². The van der Waals surface area contributed by atoms with Crippen molar-refractivity contribution in [1.82, 2.24) is 4.90 Å². The number of anilines is 1. The van der Waals surface area contributed by atoms with Gasteiger partial charge in [-0.1, -0.05) is 0 Å². The number of halogens is 1. The molecule has 0 radical (unpaired) electrons. The van der Waals surface area contributed by atoms with Gasteiger partial charge in [-0.3, -0.25) is 10.1 Å². The van der Waals surface area contributed by atoms with Gasteiger partial charge in [0.05, 0.1) is 9.40 Å². The largest absolute Gasteiger partial charge is 0.381 e. The van der Waals surface area contributed by atoms with E-state index in [4.69, 9.17) is 0 Å². The van der Waals surface area contributed by atoms with Crippen molar-refractivity contribution in [3.63, 3.8) is 0 Å². The SMILES string of the molecule is CN1CCCC(Nc2ccc([N+](=O)[O-])c(Br)c2)C1. The second kappa shape index (κ2) is 5.67. The lowest BCUT2D eigenvalue weighted by Crippen LogP contribution is -2.39. The maximum Gasteiger partial charge on any atom is 0.283 e. The summed E-state index contributed by atoms with van der Waals surface area (Å²) in [6.45, 7) is 2.15. The molecule has 1 aliphatic rings. The van der Waals surface area contributed by atoms with Gasteiger partial charge < -0.3 is 10.2 Å². The van der Waals surface area contributed by atoms with Gasteiger partial charge in [0.1, 0.15) is 0 Å². The Bertz CT molecular complexity index is 453. The molecule has 0 amide bonds. The monoisotopic (exact) mass is 313 g/mol. The normalized spacial score (nSPS) is 20.7. The van der Waals surface area contributed by atoms with Crippen molar-refractivity contribution < 1.29 is 4.92 Å². The molecule has 1 atom stereocenters. The summed E-state index contributed by atoms with van der Waals surface area (Å²) in [4.78, 5) is 12.6. The van der Waals surface area contributed by atoms with Crippen molar-refractivity contribution >= 4 is 27.3 Å². The Hall–Kier alpha value is -1.14. The predicted octanol–water partition coefficient (Wildman–Crippen LogP) is 2.86. The van der Waals surface area contributed by atoms with Crippen molar-refractivity contribution in [3.8, 4) is 0 Å². The Morgan fingerprint density at radius 1 is 1.56 bits per heavy atom. The highest BCUT2D eigenvalue weighted by atomic mass is 79.9. The second-order valence-electron chi connectivity index (χ2n) is 4.67. The van der Waals surface area contributed by atoms with Crippen molar-refractivity contribution in [1.29, 1.82) is 0 Å². The molecule has 5 nitrogen and oxygen atoms in total. The lowest BCUT2D eigenvalue weighted by atomic mass is 10.1. The van der Waals surface area contributed by atoms with E-state index in [1.54, 1.807) is 12.1 Å². The standard InChI is InChI=1S/C12H16BrN3O2/c1-15-6-2-3-10(8-15)14-9-4-5-12(16(17)18)11(13)7-9/h4-5,7,10,14H,2-3,6,8H2,1H3. The van der Waals surface area contributed by atoms with E-state index in [2.05, 4.69) is 33.2 Å². The van der Waals surface area contributed by atoms with Gasteiger partial charge in [0.2, 0.25) is 0 Å². The molecule has 0 aromatic heterocycles. The Morgan fingerprint density at radius 2 is 2.33 bits per heavy atom. The number of likely N-dealkylation sites (N-methyl/N-ethyl adjacent to an activating group) is 1. The van der Waals surface area contributed by atoms with Crippen molar-refractivity contribution in [2.24, 2.45) is 0 Å². The number of hydrogen-bond acceptors (Lipinski definition) is 4. The molecule has 1 aliphatic heterocycles. The summed E-state index contributed by atoms with van der Waals surface area (Å²) < 4.78 is 0.515. The predicted molar refractivity (Wildman–Crippen MR) is 74.9 cm³/mol. The summed E-state index contributed by atoms with van der Waals surface area (Å²) in [5.74, 6) is 0. The number of nitro benzene ring substituents is 1. The van der Waals surface area contributed by atoms with Gasteiger partial charge in [-0.25, -0.2) is 0 Å². The highest BCUT2D eigenvalue weighted by Gasteiger charge is 2.18. The molecule has 18 heavy (non-hydrogen) atoms. The summed E-state index contributed by atoms with van der Waals surface area (Å²) >= 11 is 3.23. The van der Waals surface area contributed by atoms with Crippen LogP contribution in [-0.4, -0.2) is 36.0 Å². The van der Waals surface area contributed by atoms with E-state index in [-0.39, 0.29) is 10.6 Å². The Balaban J connectivity index is 2.05. The van der Waals surface area contributed by atoms with Gasteiger partial charge in [0.25, 0.3) is 5.69 Å². The minimum Gasteiger partial charge on any atom is -0.381 e. The highest BCUT2D eigenvalue weighted by Crippen LogP contribution is 2.28. The van der Waals surface area contributed by atoms with Gasteiger partial charge in [0.15, 0.2) is 0 Å². The Labute approximate surface area is 114 Å². The molecule has 2 rings (SSSR count). The molecule has 1 heterocycles. The fourth-order valence-corrected chi connectivity index (χ4v) is 2.79. The van der Waals surface area contributed by atoms with Crippen LogP contribution in [0.5, 0.6) is 0 Å². The number of nitrogens with one attached hydrogen (secondary N) is 1. The third-order valence-electron chi connectivity index (χ3n) is 3.14. The molecule has 0 spiro atoms. The van der Waals surface area contributed by atoms with Gasteiger partial charge in [-0.05, 0) is 54.5 Å². The first-order chi connectivity index (χ1) is 8.56. The second-order valence-corrected chi connectivity index (χ2v) is 5.52. The molecule has 1 fully saturated rings. The molecule has 98 valence electrons. The Kier molecular flexibility index (Phi) is 4.19. The third kappa shape index (κ3) is 3.20. The van der Waals surface area contributed by atoms with Crippen LogP contribution >= 0.6 is 15.9 Å². The summed E-state index contributed by atoms with van der Waals surface area (Å²) in [7, 11) is 2.11. The van der Waals surface area contributed by atoms with E-state index in [0.717, 1.165) is 25.2 Å². The molecule has 1 saturated heterocycles. The van der Waals surface area contributed by atoms with E-state index in [0.29, 0.717) is 10.5 Å². The summed E-state index contributed by atoms with van der Waals surface area (Å²) in [5, 5.41) is 14.1. The summed E-state index contributed by atoms with van der Waals surface area (Å²) in [6.07, 6.45) is 2.32. The van der Waals surface area contributed by atoms with Gasteiger partial charge >= 0.3 is 0 Å². The first-order valence-corrected chi connectivity index (χ1v) is 6.74. The number of nitro groups is 1. The maximum absolute atomic E-state index is 10.7. The van der Waals surface area contributed by atoms with Gasteiger partial charge in [0, 0.05) is 24.3 Å². The molecule has 1 unspecified atom stereocenters. The third-order valence-corrected chi connectivity index (χ3v) is 3.77. The lowest BCUT2D eigenvalue weighted by Gasteiger charge is -2.30. The topological polar surface area (TPSA) is 58.4 Å². The molecular formula is C12H16BrN3O2. The molecule has 6 heteroatoms. The minimum absolute atomic E-state index is 0.0984. The van der Waals surface area contributed by atoms with Crippen LogP contribution in [0.2, 0.25) is 0 Å². The number of likely N-dealkylation sites (tertiary alicyclic amines) is 1. The number of hydrogen-bond donors (Lipinski definition) is 1. The van der Waals surface area contributed by atoms with Crippen LogP contribution in [-0.2, 0) is 0 Å². The molecule has 1 N–H and O–H groups in total. The van der Waals surface area contributed by atoms with Crippen LogP contribution in [0.4, 0.5) is 11.4 Å². The molecule has 0 aliphatic carbocycles. The van der Waals surface area contributed by atoms with Crippen LogP contribution in [0.1, 0.15) is 12.8 Å². The highest BCUT2D eigenvalue weighted by molar-refractivity contribution is 9.10. The fraction of sp³-hybridized carbons (Fsp3) is 0.500. The van der Waals surface area contributed by atoms with Crippen molar-refractivity contribution in [3.05, 3.63) is 32.8 Å². The fourth-order valence-electron chi connectivity index (χ4n) is 2.26. The van der Waals surface area contributed by atoms with E-state index >= 15 is 0 Å². The van der Waals surface area contributed by atoms with Crippen molar-refractivity contribution in [2.75, 3.05) is 25.5 Å². The smallest absolute Gasteiger partial charge is 0.283 e. The summed E-state index contributed by atoms with van der Waals surface area (Å²) in [5.41, 5.74) is 1.02. The number of nitrogens with zero attached hydrogens (tertiary/aromatic N) is 2. The van der Waals surface area contributed by atoms with E-state index < -0.39 is 0 Å². The number of piperidine rings is 1. The molecule has 0 saturated carbocycles. The minimum atomic E-state index is -0.387. The average Bonchev–Trinajstić information content (AvgIpc) is 2.28.